The average molecular weight is 486 g/mol. The van der Waals surface area contributed by atoms with E-state index >= 15 is 0 Å². The first-order valence-corrected chi connectivity index (χ1v) is 12.1. The zero-order valence-electron chi connectivity index (χ0n) is 21.0. The van der Waals surface area contributed by atoms with E-state index in [2.05, 4.69) is 13.8 Å². The molecule has 3 aromatic rings. The Bertz CT molecular complexity index is 1260. The fourth-order valence-electron chi connectivity index (χ4n) is 4.41. The van der Waals surface area contributed by atoms with Gasteiger partial charge < -0.3 is 19.5 Å². The van der Waals surface area contributed by atoms with Gasteiger partial charge in [0.2, 0.25) is 0 Å². The lowest BCUT2D eigenvalue weighted by atomic mass is 9.93. The molecule has 1 unspecified atom stereocenters. The second kappa shape index (κ2) is 10.7. The number of ether oxygens (including phenoxy) is 2. The highest BCUT2D eigenvalue weighted by atomic mass is 16.5. The number of carbonyl (C=O) groups excluding carboxylic acids is 2. The number of amides is 1. The van der Waals surface area contributed by atoms with Crippen molar-refractivity contribution in [3.63, 3.8) is 0 Å². The predicted octanol–water partition coefficient (Wildman–Crippen LogP) is 5.84. The van der Waals surface area contributed by atoms with Crippen molar-refractivity contribution in [2.45, 2.75) is 39.3 Å². The van der Waals surface area contributed by atoms with Crippen LogP contribution in [-0.4, -0.2) is 35.4 Å². The zero-order valence-corrected chi connectivity index (χ0v) is 21.0. The third-order valence-corrected chi connectivity index (χ3v) is 6.41. The lowest BCUT2D eigenvalue weighted by Crippen LogP contribution is -2.29. The van der Waals surface area contributed by atoms with E-state index in [-0.39, 0.29) is 17.9 Å². The van der Waals surface area contributed by atoms with Gasteiger partial charge in [0.05, 0.1) is 25.3 Å². The van der Waals surface area contributed by atoms with E-state index in [1.54, 1.807) is 31.4 Å². The van der Waals surface area contributed by atoms with E-state index in [1.807, 2.05) is 55.5 Å². The SMILES string of the molecule is CCOc1ccc(/C(O)=C2/C(=O)C(=O)N(Cc3ccc(OC)cc3)C2c2ccc(C(C)C)cc2)cc1. The van der Waals surface area contributed by atoms with Crippen LogP contribution >= 0.6 is 0 Å². The maximum atomic E-state index is 13.3. The molecule has 1 N–H and O–H groups in total. The molecular formula is C30H31NO5. The number of aliphatic hydroxyl groups is 1. The molecule has 0 bridgehead atoms. The third kappa shape index (κ3) is 4.98. The minimum Gasteiger partial charge on any atom is -0.507 e. The largest absolute Gasteiger partial charge is 0.507 e. The number of benzene rings is 3. The highest BCUT2D eigenvalue weighted by Crippen LogP contribution is 2.40. The first-order valence-electron chi connectivity index (χ1n) is 12.1. The highest BCUT2D eigenvalue weighted by molar-refractivity contribution is 6.46. The quantitative estimate of drug-likeness (QED) is 0.246. The van der Waals surface area contributed by atoms with Gasteiger partial charge in [-0.05, 0) is 65.9 Å². The first-order chi connectivity index (χ1) is 17.3. The van der Waals surface area contributed by atoms with Crippen molar-refractivity contribution in [2.24, 2.45) is 0 Å². The number of hydrogen-bond donors (Lipinski definition) is 1. The van der Waals surface area contributed by atoms with Crippen molar-refractivity contribution < 1.29 is 24.2 Å². The zero-order chi connectivity index (χ0) is 25.8. The lowest BCUT2D eigenvalue weighted by molar-refractivity contribution is -0.140. The van der Waals surface area contributed by atoms with Crippen LogP contribution in [0.3, 0.4) is 0 Å². The van der Waals surface area contributed by atoms with Crippen molar-refractivity contribution in [1.82, 2.24) is 4.90 Å². The van der Waals surface area contributed by atoms with Crippen LogP contribution in [0.15, 0.2) is 78.4 Å². The molecule has 1 aliphatic rings. The Morgan fingerprint density at radius 1 is 0.917 bits per heavy atom. The minimum absolute atomic E-state index is 0.0787. The summed E-state index contributed by atoms with van der Waals surface area (Å²) in [4.78, 5) is 28.1. The number of likely N-dealkylation sites (tertiary alicyclic amines) is 1. The van der Waals surface area contributed by atoms with Crippen LogP contribution in [-0.2, 0) is 16.1 Å². The number of ketones is 1. The number of nitrogens with zero attached hydrogens (tertiary/aromatic N) is 1. The molecule has 1 amide bonds. The maximum Gasteiger partial charge on any atom is 0.295 e. The molecule has 1 heterocycles. The number of aliphatic hydroxyl groups excluding tert-OH is 1. The molecule has 3 aromatic carbocycles. The topological polar surface area (TPSA) is 76.1 Å². The molecule has 6 heteroatoms. The summed E-state index contributed by atoms with van der Waals surface area (Å²) in [5, 5.41) is 11.3. The van der Waals surface area contributed by atoms with Gasteiger partial charge in [-0.3, -0.25) is 9.59 Å². The molecule has 1 fully saturated rings. The van der Waals surface area contributed by atoms with Gasteiger partial charge in [-0.1, -0.05) is 50.2 Å². The average Bonchev–Trinajstić information content (AvgIpc) is 3.14. The molecule has 36 heavy (non-hydrogen) atoms. The van der Waals surface area contributed by atoms with Gasteiger partial charge in [0.15, 0.2) is 0 Å². The Balaban J connectivity index is 1.79. The fraction of sp³-hybridized carbons (Fsp3) is 0.267. The van der Waals surface area contributed by atoms with Gasteiger partial charge in [-0.25, -0.2) is 0 Å². The molecule has 0 aliphatic carbocycles. The van der Waals surface area contributed by atoms with Gasteiger partial charge in [-0.15, -0.1) is 0 Å². The van der Waals surface area contributed by atoms with Gasteiger partial charge in [0.25, 0.3) is 11.7 Å². The summed E-state index contributed by atoms with van der Waals surface area (Å²) in [5.41, 5.74) is 3.29. The molecule has 0 spiro atoms. The number of Topliss-reactive ketones (excluding diaryl/α,β-unsaturated/α-hetero) is 1. The molecule has 1 atom stereocenters. The van der Waals surface area contributed by atoms with Crippen LogP contribution in [0.5, 0.6) is 11.5 Å². The fourth-order valence-corrected chi connectivity index (χ4v) is 4.41. The molecule has 186 valence electrons. The van der Waals surface area contributed by atoms with Gasteiger partial charge >= 0.3 is 0 Å². The van der Waals surface area contributed by atoms with E-state index in [4.69, 9.17) is 9.47 Å². The lowest BCUT2D eigenvalue weighted by Gasteiger charge is -2.26. The second-order valence-electron chi connectivity index (χ2n) is 9.05. The molecule has 1 aliphatic heterocycles. The van der Waals surface area contributed by atoms with E-state index in [0.29, 0.717) is 29.6 Å². The summed E-state index contributed by atoms with van der Waals surface area (Å²) >= 11 is 0. The van der Waals surface area contributed by atoms with Gasteiger partial charge in [0, 0.05) is 12.1 Å². The molecule has 0 aromatic heterocycles. The Kier molecular flexibility index (Phi) is 7.44. The molecule has 1 saturated heterocycles. The summed E-state index contributed by atoms with van der Waals surface area (Å²) in [5.74, 6) is 0.163. The molecule has 0 radical (unpaired) electrons. The van der Waals surface area contributed by atoms with Crippen LogP contribution in [0.1, 0.15) is 55.0 Å². The van der Waals surface area contributed by atoms with Crippen LogP contribution in [0, 0.1) is 0 Å². The minimum atomic E-state index is -0.722. The normalized spacial score (nSPS) is 17.0. The number of rotatable bonds is 8. The van der Waals surface area contributed by atoms with E-state index in [9.17, 15) is 14.7 Å². The summed E-state index contributed by atoms with van der Waals surface area (Å²) in [7, 11) is 1.59. The van der Waals surface area contributed by atoms with Gasteiger partial charge in [0.1, 0.15) is 17.3 Å². The smallest absolute Gasteiger partial charge is 0.295 e. The standard InChI is InChI=1S/C30H31NO5/c1-5-36-25-16-12-23(13-17-25)28(32)26-27(22-10-8-21(9-11-22)19(2)3)31(30(34)29(26)33)18-20-6-14-24(35-4)15-7-20/h6-17,19,27,32H,5,18H2,1-4H3/b28-26-. The van der Waals surface area contributed by atoms with Crippen molar-refractivity contribution >= 4 is 17.4 Å². The monoisotopic (exact) mass is 485 g/mol. The second-order valence-corrected chi connectivity index (χ2v) is 9.05. The summed E-state index contributed by atoms with van der Waals surface area (Å²) in [6.45, 7) is 6.84. The summed E-state index contributed by atoms with van der Waals surface area (Å²) < 4.78 is 10.7. The highest BCUT2D eigenvalue weighted by Gasteiger charge is 2.46. The van der Waals surface area contributed by atoms with Crippen LogP contribution in [0.25, 0.3) is 5.76 Å². The third-order valence-electron chi connectivity index (χ3n) is 6.41. The molecule has 6 nitrogen and oxygen atoms in total. The van der Waals surface area contributed by atoms with Crippen LogP contribution in [0.2, 0.25) is 0 Å². The van der Waals surface area contributed by atoms with Crippen molar-refractivity contribution in [2.75, 3.05) is 13.7 Å². The molecule has 4 rings (SSSR count). The van der Waals surface area contributed by atoms with E-state index in [0.717, 1.165) is 16.7 Å². The predicted molar refractivity (Wildman–Crippen MR) is 139 cm³/mol. The Hall–Kier alpha value is -4.06. The van der Waals surface area contributed by atoms with Crippen molar-refractivity contribution in [3.05, 3.63) is 101 Å². The number of hydrogen-bond acceptors (Lipinski definition) is 5. The van der Waals surface area contributed by atoms with E-state index in [1.165, 1.54) is 4.90 Å². The summed E-state index contributed by atoms with van der Waals surface area (Å²) in [6, 6.07) is 21.4. The number of methoxy groups -OCH3 is 1. The maximum absolute atomic E-state index is 13.3. The van der Waals surface area contributed by atoms with Crippen molar-refractivity contribution in [3.8, 4) is 11.5 Å². The van der Waals surface area contributed by atoms with Crippen LogP contribution in [0.4, 0.5) is 0 Å². The Morgan fingerprint density at radius 3 is 2.08 bits per heavy atom. The molecule has 0 saturated carbocycles. The number of carbonyl (C=O) groups is 2. The Morgan fingerprint density at radius 2 is 1.53 bits per heavy atom. The van der Waals surface area contributed by atoms with Crippen LogP contribution < -0.4 is 9.47 Å². The first kappa shape index (κ1) is 25.0. The van der Waals surface area contributed by atoms with Crippen molar-refractivity contribution in [1.29, 1.82) is 0 Å². The van der Waals surface area contributed by atoms with Gasteiger partial charge in [-0.2, -0.15) is 0 Å². The Labute approximate surface area is 211 Å². The summed E-state index contributed by atoms with van der Waals surface area (Å²) in [6.07, 6.45) is 0. The molecular weight excluding hydrogens is 454 g/mol. The van der Waals surface area contributed by atoms with E-state index < -0.39 is 17.7 Å².